The molecule has 0 N–H and O–H groups in total. The number of benzene rings is 2. The van der Waals surface area contributed by atoms with Crippen LogP contribution in [0.5, 0.6) is 0 Å². The molecule has 2 aromatic carbocycles. The average Bonchev–Trinajstić information content (AvgIpc) is 2.27. The maximum atomic E-state index is 4.18. The van der Waals surface area contributed by atoms with Crippen LogP contribution in [0.3, 0.4) is 0 Å². The van der Waals surface area contributed by atoms with Crippen LogP contribution in [0, 0.1) is 6.92 Å². The highest BCUT2D eigenvalue weighted by Crippen LogP contribution is 2.27. The molecule has 0 aliphatic heterocycles. The summed E-state index contributed by atoms with van der Waals surface area (Å²) in [5.74, 6) is 0. The number of fused-ring (bicyclic) bond motifs is 1. The first-order valence-electron chi connectivity index (χ1n) is 4.86. The topological polar surface area (TPSA) is 24.7 Å². The van der Waals surface area contributed by atoms with Crippen LogP contribution >= 0.6 is 0 Å². The summed E-state index contributed by atoms with van der Waals surface area (Å²) in [5.41, 5.74) is 2.18. The maximum absolute atomic E-state index is 4.18. The Kier molecular flexibility index (Phi) is 2.61. The third-order valence-electron chi connectivity index (χ3n) is 2.39. The van der Waals surface area contributed by atoms with E-state index in [9.17, 15) is 0 Å². The van der Waals surface area contributed by atoms with E-state index in [2.05, 4.69) is 41.1 Å². The number of hydrogen-bond donors (Lipinski definition) is 0. The van der Waals surface area contributed by atoms with Gasteiger partial charge in [0.15, 0.2) is 0 Å². The van der Waals surface area contributed by atoms with Gasteiger partial charge in [0.2, 0.25) is 0 Å². The van der Waals surface area contributed by atoms with Crippen LogP contribution in [0.25, 0.3) is 10.8 Å². The van der Waals surface area contributed by atoms with E-state index in [0.717, 1.165) is 11.1 Å². The molecule has 0 aromatic heterocycles. The number of aliphatic imine (C=N–C) groups is 2. The predicted octanol–water partition coefficient (Wildman–Crippen LogP) is 3.58. The highest BCUT2D eigenvalue weighted by molar-refractivity contribution is 5.95. The number of hydrogen-bond acceptors (Lipinski definition) is 2. The molecule has 0 saturated heterocycles. The van der Waals surface area contributed by atoms with Gasteiger partial charge in [-0.15, -0.1) is 0 Å². The summed E-state index contributed by atoms with van der Waals surface area (Å²) in [4.78, 5) is 7.92. The van der Waals surface area contributed by atoms with Crippen molar-refractivity contribution < 1.29 is 0 Å². The molecule has 2 aromatic rings. The van der Waals surface area contributed by atoms with Gasteiger partial charge in [0.1, 0.15) is 0 Å². The average molecular weight is 196 g/mol. The van der Waals surface area contributed by atoms with Gasteiger partial charge in [-0.3, -0.25) is 0 Å². The first-order valence-corrected chi connectivity index (χ1v) is 4.86. The van der Waals surface area contributed by atoms with Gasteiger partial charge >= 0.3 is 0 Å². The Hall–Kier alpha value is -1.92. The molecule has 0 aliphatic rings. The van der Waals surface area contributed by atoms with Gasteiger partial charge in [-0.05, 0) is 23.9 Å². The maximum Gasteiger partial charge on any atom is 0.0946 e. The fourth-order valence-corrected chi connectivity index (χ4v) is 1.65. The Balaban J connectivity index is 2.77. The Morgan fingerprint density at radius 3 is 2.53 bits per heavy atom. The van der Waals surface area contributed by atoms with Crippen molar-refractivity contribution in [2.24, 2.45) is 9.98 Å². The zero-order valence-electron chi connectivity index (χ0n) is 8.86. The van der Waals surface area contributed by atoms with Crippen LogP contribution in [0.1, 0.15) is 5.56 Å². The molecule has 0 amide bonds. The summed E-state index contributed by atoms with van der Waals surface area (Å²) < 4.78 is 0. The van der Waals surface area contributed by atoms with Gasteiger partial charge in [-0.25, -0.2) is 4.99 Å². The van der Waals surface area contributed by atoms with E-state index in [-0.39, 0.29) is 0 Å². The van der Waals surface area contributed by atoms with Gasteiger partial charge in [-0.1, -0.05) is 30.3 Å². The summed E-state index contributed by atoms with van der Waals surface area (Å²) in [6.07, 6.45) is 0. The highest BCUT2D eigenvalue weighted by atomic mass is 14.8. The van der Waals surface area contributed by atoms with Crippen LogP contribution in [0.2, 0.25) is 0 Å². The zero-order valence-corrected chi connectivity index (χ0v) is 8.86. The molecular weight excluding hydrogens is 184 g/mol. The normalized spacial score (nSPS) is 9.73. The minimum absolute atomic E-state index is 0.918. The first kappa shape index (κ1) is 9.63. The van der Waals surface area contributed by atoms with Crippen molar-refractivity contribution in [3.8, 4) is 0 Å². The summed E-state index contributed by atoms with van der Waals surface area (Å²) >= 11 is 0. The Bertz CT molecular complexity index is 549. The van der Waals surface area contributed by atoms with Gasteiger partial charge in [0.25, 0.3) is 0 Å². The minimum Gasteiger partial charge on any atom is -0.229 e. The Morgan fingerprint density at radius 2 is 1.73 bits per heavy atom. The predicted molar refractivity (Wildman–Crippen MR) is 64.1 cm³/mol. The molecular formula is C13H12N2. The second kappa shape index (κ2) is 4.07. The molecule has 0 heterocycles. The quantitative estimate of drug-likeness (QED) is 0.623. The summed E-state index contributed by atoms with van der Waals surface area (Å²) in [7, 11) is 1.67. The van der Waals surface area contributed by atoms with E-state index in [1.54, 1.807) is 7.05 Å². The second-order valence-electron chi connectivity index (χ2n) is 3.38. The molecule has 74 valence electrons. The van der Waals surface area contributed by atoms with Crippen molar-refractivity contribution in [3.05, 3.63) is 42.0 Å². The summed E-state index contributed by atoms with van der Waals surface area (Å²) in [6, 6.07) is 14.9. The third kappa shape index (κ3) is 1.80. The summed E-state index contributed by atoms with van der Waals surface area (Å²) in [6.45, 7) is 2.10. The van der Waals surface area contributed by atoms with Crippen molar-refractivity contribution in [3.63, 3.8) is 0 Å². The van der Waals surface area contributed by atoms with E-state index >= 15 is 0 Å². The highest BCUT2D eigenvalue weighted by Gasteiger charge is 2.00. The third-order valence-corrected chi connectivity index (χ3v) is 2.39. The molecule has 2 heteroatoms. The molecule has 15 heavy (non-hydrogen) atoms. The van der Waals surface area contributed by atoms with E-state index in [4.69, 9.17) is 0 Å². The molecule has 2 rings (SSSR count). The van der Waals surface area contributed by atoms with Crippen LogP contribution in [-0.4, -0.2) is 13.1 Å². The van der Waals surface area contributed by atoms with E-state index in [0.29, 0.717) is 0 Å². The van der Waals surface area contributed by atoms with Crippen molar-refractivity contribution >= 4 is 22.5 Å². The van der Waals surface area contributed by atoms with Crippen LogP contribution in [-0.2, 0) is 0 Å². The molecule has 0 spiro atoms. The molecule has 0 saturated carbocycles. The van der Waals surface area contributed by atoms with Crippen LogP contribution in [0.15, 0.2) is 46.4 Å². The second-order valence-corrected chi connectivity index (χ2v) is 3.38. The number of aryl methyl sites for hydroxylation is 1. The largest absolute Gasteiger partial charge is 0.229 e. The molecule has 2 nitrogen and oxygen atoms in total. The van der Waals surface area contributed by atoms with E-state index < -0.39 is 0 Å². The molecule has 0 unspecified atom stereocenters. The molecule has 0 fully saturated rings. The monoisotopic (exact) mass is 196 g/mol. The lowest BCUT2D eigenvalue weighted by molar-refractivity contribution is 1.45. The van der Waals surface area contributed by atoms with Gasteiger partial charge < -0.3 is 0 Å². The van der Waals surface area contributed by atoms with Crippen LogP contribution in [0.4, 0.5) is 5.69 Å². The SMILES string of the molecule is CN=C=Nc1cccc2c(C)cccc12. The molecule has 0 atom stereocenters. The van der Waals surface area contributed by atoms with Gasteiger partial charge in [-0.2, -0.15) is 4.99 Å². The lowest BCUT2D eigenvalue weighted by Crippen LogP contribution is -1.77. The number of rotatable bonds is 1. The van der Waals surface area contributed by atoms with Crippen molar-refractivity contribution in [2.45, 2.75) is 6.92 Å². The Morgan fingerprint density at radius 1 is 1.00 bits per heavy atom. The zero-order chi connectivity index (χ0) is 10.7. The summed E-state index contributed by atoms with van der Waals surface area (Å²) in [5, 5.41) is 2.38. The van der Waals surface area contributed by atoms with Crippen molar-refractivity contribution in [1.29, 1.82) is 0 Å². The Labute approximate surface area is 89.0 Å². The standard InChI is InChI=1S/C13H12N2/c1-10-5-3-7-12-11(10)6-4-8-13(12)15-9-14-2/h3-8H,1-2H3. The fraction of sp³-hybridized carbons (Fsp3) is 0.154. The van der Waals surface area contributed by atoms with E-state index in [1.165, 1.54) is 10.9 Å². The first-order chi connectivity index (χ1) is 7.33. The lowest BCUT2D eigenvalue weighted by Gasteiger charge is -2.02. The van der Waals surface area contributed by atoms with Crippen molar-refractivity contribution in [1.82, 2.24) is 0 Å². The number of nitrogens with zero attached hydrogens (tertiary/aromatic N) is 2. The fourth-order valence-electron chi connectivity index (χ4n) is 1.65. The molecule has 0 aliphatic carbocycles. The smallest absolute Gasteiger partial charge is 0.0946 e. The van der Waals surface area contributed by atoms with Crippen molar-refractivity contribution in [2.75, 3.05) is 7.05 Å². The lowest BCUT2D eigenvalue weighted by atomic mass is 10.0. The minimum atomic E-state index is 0.918. The van der Waals surface area contributed by atoms with Crippen LogP contribution < -0.4 is 0 Å². The molecule has 0 bridgehead atoms. The molecule has 0 radical (unpaired) electrons. The van der Waals surface area contributed by atoms with E-state index in [1.807, 2.05) is 18.2 Å². The van der Waals surface area contributed by atoms with Gasteiger partial charge in [0.05, 0.1) is 11.7 Å². The van der Waals surface area contributed by atoms with Gasteiger partial charge in [0, 0.05) is 12.4 Å².